The first-order valence-corrected chi connectivity index (χ1v) is 4.09. The van der Waals surface area contributed by atoms with Gasteiger partial charge in [0.1, 0.15) is 0 Å². The molecule has 0 aliphatic heterocycles. The summed E-state index contributed by atoms with van der Waals surface area (Å²) in [6, 6.07) is 0. The predicted molar refractivity (Wildman–Crippen MR) is 42.1 cm³/mol. The zero-order valence-electron chi connectivity index (χ0n) is 6.79. The van der Waals surface area contributed by atoms with Gasteiger partial charge in [-0.3, -0.25) is 4.79 Å². The van der Waals surface area contributed by atoms with Crippen LogP contribution >= 0.6 is 0 Å². The minimum absolute atomic E-state index is 0.262. The molecule has 0 heterocycles. The second-order valence-electron chi connectivity index (χ2n) is 3.38. The van der Waals surface area contributed by atoms with Gasteiger partial charge in [-0.2, -0.15) is 0 Å². The number of hydrogen-bond donors (Lipinski definition) is 2. The molecule has 64 valence electrons. The maximum absolute atomic E-state index is 10.6. The molecular weight excluding hydrogens is 142 g/mol. The Bertz CT molecular complexity index is 154. The van der Waals surface area contributed by atoms with E-state index >= 15 is 0 Å². The van der Waals surface area contributed by atoms with E-state index in [0.29, 0.717) is 5.92 Å². The molecule has 0 bridgehead atoms. The molecule has 1 fully saturated rings. The Morgan fingerprint density at radius 1 is 1.73 bits per heavy atom. The summed E-state index contributed by atoms with van der Waals surface area (Å²) < 4.78 is 0. The SMILES string of the molecule is CC(C1CC1)C(CN)C(=O)O. The monoisotopic (exact) mass is 157 g/mol. The van der Waals surface area contributed by atoms with Crippen LogP contribution in [0, 0.1) is 17.8 Å². The van der Waals surface area contributed by atoms with Gasteiger partial charge in [-0.25, -0.2) is 0 Å². The average molecular weight is 157 g/mol. The van der Waals surface area contributed by atoms with E-state index in [2.05, 4.69) is 0 Å². The molecule has 3 nitrogen and oxygen atoms in total. The zero-order valence-corrected chi connectivity index (χ0v) is 6.79. The molecule has 0 spiro atoms. The lowest BCUT2D eigenvalue weighted by molar-refractivity contribution is -0.143. The van der Waals surface area contributed by atoms with Crippen molar-refractivity contribution in [3.8, 4) is 0 Å². The van der Waals surface area contributed by atoms with Crippen LogP contribution in [0.3, 0.4) is 0 Å². The lowest BCUT2D eigenvalue weighted by atomic mass is 9.90. The van der Waals surface area contributed by atoms with Crippen LogP contribution in [0.1, 0.15) is 19.8 Å². The Kier molecular flexibility index (Phi) is 2.49. The van der Waals surface area contributed by atoms with Gasteiger partial charge in [0.25, 0.3) is 0 Å². The standard InChI is InChI=1S/C8H15NO2/c1-5(6-2-3-6)7(4-9)8(10)11/h5-7H,2-4,9H2,1H3,(H,10,11). The maximum atomic E-state index is 10.6. The first-order chi connectivity index (χ1) is 5.16. The number of rotatable bonds is 4. The molecular formula is C8H15NO2. The van der Waals surface area contributed by atoms with Gasteiger partial charge in [0, 0.05) is 6.54 Å². The van der Waals surface area contributed by atoms with Crippen molar-refractivity contribution in [1.29, 1.82) is 0 Å². The lowest BCUT2D eigenvalue weighted by Crippen LogP contribution is -2.30. The molecule has 11 heavy (non-hydrogen) atoms. The second-order valence-corrected chi connectivity index (χ2v) is 3.38. The number of hydrogen-bond acceptors (Lipinski definition) is 2. The highest BCUT2D eigenvalue weighted by molar-refractivity contribution is 5.70. The van der Waals surface area contributed by atoms with Crippen LogP contribution in [0.5, 0.6) is 0 Å². The molecule has 0 radical (unpaired) electrons. The highest BCUT2D eigenvalue weighted by Gasteiger charge is 2.35. The minimum Gasteiger partial charge on any atom is -0.481 e. The molecule has 2 unspecified atom stereocenters. The topological polar surface area (TPSA) is 63.3 Å². The Morgan fingerprint density at radius 2 is 2.27 bits per heavy atom. The normalized spacial score (nSPS) is 22.7. The summed E-state index contributed by atoms with van der Waals surface area (Å²) >= 11 is 0. The second kappa shape index (κ2) is 3.22. The van der Waals surface area contributed by atoms with Gasteiger partial charge in [-0.05, 0) is 24.7 Å². The van der Waals surface area contributed by atoms with Gasteiger partial charge >= 0.3 is 5.97 Å². The van der Waals surface area contributed by atoms with Crippen LogP contribution in [0.15, 0.2) is 0 Å². The van der Waals surface area contributed by atoms with Crippen molar-refractivity contribution in [2.24, 2.45) is 23.5 Å². The molecule has 3 N–H and O–H groups in total. The molecule has 1 aliphatic rings. The third kappa shape index (κ3) is 1.93. The molecule has 1 rings (SSSR count). The summed E-state index contributed by atoms with van der Waals surface area (Å²) in [5, 5.41) is 8.74. The van der Waals surface area contributed by atoms with Crippen molar-refractivity contribution in [3.05, 3.63) is 0 Å². The van der Waals surface area contributed by atoms with Gasteiger partial charge in [-0.1, -0.05) is 6.92 Å². The Hall–Kier alpha value is -0.570. The summed E-state index contributed by atoms with van der Waals surface area (Å²) in [5.74, 6) is -0.188. The number of carbonyl (C=O) groups is 1. The molecule has 3 heteroatoms. The van der Waals surface area contributed by atoms with E-state index in [-0.39, 0.29) is 18.4 Å². The Balaban J connectivity index is 2.45. The van der Waals surface area contributed by atoms with E-state index in [1.165, 1.54) is 12.8 Å². The van der Waals surface area contributed by atoms with E-state index in [4.69, 9.17) is 10.8 Å². The quantitative estimate of drug-likeness (QED) is 0.631. The fourth-order valence-corrected chi connectivity index (χ4v) is 1.49. The van der Waals surface area contributed by atoms with E-state index in [0.717, 1.165) is 0 Å². The largest absolute Gasteiger partial charge is 0.481 e. The smallest absolute Gasteiger partial charge is 0.308 e. The molecule has 0 saturated heterocycles. The van der Waals surface area contributed by atoms with Crippen LogP contribution in [0.4, 0.5) is 0 Å². The highest BCUT2D eigenvalue weighted by atomic mass is 16.4. The fourth-order valence-electron chi connectivity index (χ4n) is 1.49. The molecule has 1 aliphatic carbocycles. The van der Waals surface area contributed by atoms with Gasteiger partial charge in [-0.15, -0.1) is 0 Å². The Morgan fingerprint density at radius 3 is 2.55 bits per heavy atom. The van der Waals surface area contributed by atoms with E-state index < -0.39 is 5.97 Å². The summed E-state index contributed by atoms with van der Waals surface area (Å²) in [7, 11) is 0. The van der Waals surface area contributed by atoms with Gasteiger partial charge in [0.05, 0.1) is 5.92 Å². The van der Waals surface area contributed by atoms with Crippen molar-refractivity contribution in [2.75, 3.05) is 6.54 Å². The molecule has 1 saturated carbocycles. The predicted octanol–water partition coefficient (Wildman–Crippen LogP) is 0.692. The molecule has 0 amide bonds. The minimum atomic E-state index is -0.744. The van der Waals surface area contributed by atoms with E-state index in [1.54, 1.807) is 0 Å². The lowest BCUT2D eigenvalue weighted by Gasteiger charge is -2.17. The molecule has 2 atom stereocenters. The first kappa shape index (κ1) is 8.53. The first-order valence-electron chi connectivity index (χ1n) is 4.09. The molecule has 0 aromatic heterocycles. The van der Waals surface area contributed by atoms with Crippen LogP contribution in [0.25, 0.3) is 0 Å². The van der Waals surface area contributed by atoms with Crippen LogP contribution in [-0.2, 0) is 4.79 Å². The Labute approximate surface area is 66.6 Å². The number of carboxylic acid groups (broad SMARTS) is 1. The van der Waals surface area contributed by atoms with Gasteiger partial charge in [0.15, 0.2) is 0 Å². The molecule has 0 aromatic rings. The zero-order chi connectivity index (χ0) is 8.43. The maximum Gasteiger partial charge on any atom is 0.308 e. The van der Waals surface area contributed by atoms with E-state index in [1.807, 2.05) is 6.92 Å². The van der Waals surface area contributed by atoms with Crippen LogP contribution in [0.2, 0.25) is 0 Å². The van der Waals surface area contributed by atoms with Crippen molar-refractivity contribution < 1.29 is 9.90 Å². The summed E-state index contributed by atoms with van der Waals surface area (Å²) in [4.78, 5) is 10.6. The van der Waals surface area contributed by atoms with Crippen LogP contribution < -0.4 is 5.73 Å². The third-order valence-corrected chi connectivity index (χ3v) is 2.57. The summed E-state index contributed by atoms with van der Waals surface area (Å²) in [6.45, 7) is 2.26. The van der Waals surface area contributed by atoms with Crippen molar-refractivity contribution in [1.82, 2.24) is 0 Å². The fraction of sp³-hybridized carbons (Fsp3) is 0.875. The molecule has 0 aromatic carbocycles. The van der Waals surface area contributed by atoms with E-state index in [9.17, 15) is 4.79 Å². The average Bonchev–Trinajstić information content (AvgIpc) is 2.68. The number of carboxylic acids is 1. The summed E-state index contributed by atoms with van der Waals surface area (Å²) in [6.07, 6.45) is 2.37. The van der Waals surface area contributed by atoms with Gasteiger partial charge < -0.3 is 10.8 Å². The van der Waals surface area contributed by atoms with Gasteiger partial charge in [0.2, 0.25) is 0 Å². The number of aliphatic carboxylic acids is 1. The van der Waals surface area contributed by atoms with Crippen molar-refractivity contribution in [3.63, 3.8) is 0 Å². The summed E-state index contributed by atoms with van der Waals surface area (Å²) in [5.41, 5.74) is 5.36. The highest BCUT2D eigenvalue weighted by Crippen LogP contribution is 2.39. The third-order valence-electron chi connectivity index (χ3n) is 2.57. The van der Waals surface area contributed by atoms with Crippen LogP contribution in [-0.4, -0.2) is 17.6 Å². The number of nitrogens with two attached hydrogens (primary N) is 1. The van der Waals surface area contributed by atoms with Crippen molar-refractivity contribution in [2.45, 2.75) is 19.8 Å². The van der Waals surface area contributed by atoms with Crippen molar-refractivity contribution >= 4 is 5.97 Å².